The average Bonchev–Trinajstić information content (AvgIpc) is 2.28. The highest BCUT2D eigenvalue weighted by atomic mass is 16.2. The van der Waals surface area contributed by atoms with Crippen molar-refractivity contribution in [3.8, 4) is 0 Å². The maximum Gasteiger partial charge on any atom is 0.159 e. The van der Waals surface area contributed by atoms with E-state index in [1.165, 1.54) is 0 Å². The van der Waals surface area contributed by atoms with Crippen molar-refractivity contribution in [1.82, 2.24) is 4.90 Å². The smallest absolute Gasteiger partial charge is 0.159 e. The standard InChI is InChI=1S/C14H17NO2/c1-14(2)12(16)9-15(10-13(14)17)8-11-6-4-3-5-7-11/h3-7H,8-10H2,1-2H3. The minimum absolute atomic E-state index is 0.0182. The summed E-state index contributed by atoms with van der Waals surface area (Å²) in [5.74, 6) is 0.0364. The van der Waals surface area contributed by atoms with Crippen LogP contribution in [0.1, 0.15) is 19.4 Å². The van der Waals surface area contributed by atoms with Gasteiger partial charge in [-0.1, -0.05) is 30.3 Å². The van der Waals surface area contributed by atoms with E-state index in [4.69, 9.17) is 0 Å². The molecule has 90 valence electrons. The predicted octanol–water partition coefficient (Wildman–Crippen LogP) is 1.67. The van der Waals surface area contributed by atoms with E-state index in [1.54, 1.807) is 13.8 Å². The Kier molecular flexibility index (Phi) is 3.11. The third kappa shape index (κ3) is 2.44. The van der Waals surface area contributed by atoms with Gasteiger partial charge in [0.2, 0.25) is 0 Å². The second-order valence-corrected chi connectivity index (χ2v) is 5.10. The van der Waals surface area contributed by atoms with Gasteiger partial charge in [-0.15, -0.1) is 0 Å². The van der Waals surface area contributed by atoms with Crippen molar-refractivity contribution in [2.24, 2.45) is 5.41 Å². The number of carbonyl (C=O) groups is 2. The van der Waals surface area contributed by atoms with E-state index >= 15 is 0 Å². The molecule has 1 saturated heterocycles. The molecule has 0 radical (unpaired) electrons. The lowest BCUT2D eigenvalue weighted by molar-refractivity contribution is -0.145. The molecule has 0 spiro atoms. The number of likely N-dealkylation sites (tertiary alicyclic amines) is 1. The first-order valence-corrected chi connectivity index (χ1v) is 5.83. The third-order valence-electron chi connectivity index (χ3n) is 3.38. The van der Waals surface area contributed by atoms with Crippen LogP contribution in [0.25, 0.3) is 0 Å². The van der Waals surface area contributed by atoms with Crippen LogP contribution in [0, 0.1) is 5.41 Å². The van der Waals surface area contributed by atoms with Gasteiger partial charge in [-0.3, -0.25) is 14.5 Å². The van der Waals surface area contributed by atoms with Crippen LogP contribution in [-0.4, -0.2) is 29.6 Å². The molecule has 0 N–H and O–H groups in total. The Hall–Kier alpha value is -1.48. The largest absolute Gasteiger partial charge is 0.297 e. The summed E-state index contributed by atoms with van der Waals surface area (Å²) < 4.78 is 0. The van der Waals surface area contributed by atoms with Gasteiger partial charge in [0.15, 0.2) is 11.6 Å². The van der Waals surface area contributed by atoms with Crippen LogP contribution in [0.2, 0.25) is 0 Å². The van der Waals surface area contributed by atoms with Crippen molar-refractivity contribution in [2.45, 2.75) is 20.4 Å². The lowest BCUT2D eigenvalue weighted by Crippen LogP contribution is -2.51. The molecule has 1 aliphatic heterocycles. The SMILES string of the molecule is CC1(C)C(=O)CN(Cc2ccccc2)CC1=O. The zero-order chi connectivity index (χ0) is 12.5. The number of benzene rings is 1. The molecule has 1 aromatic rings. The molecule has 3 nitrogen and oxygen atoms in total. The molecule has 1 aromatic carbocycles. The Bertz CT molecular complexity index is 417. The predicted molar refractivity (Wildman–Crippen MR) is 65.5 cm³/mol. The number of Topliss-reactive ketones (excluding diaryl/α,β-unsaturated/α-hetero) is 2. The highest BCUT2D eigenvalue weighted by molar-refractivity contribution is 6.09. The summed E-state index contributed by atoms with van der Waals surface area (Å²) in [5.41, 5.74) is 0.334. The molecule has 1 heterocycles. The summed E-state index contributed by atoms with van der Waals surface area (Å²) in [4.78, 5) is 25.6. The number of ketones is 2. The van der Waals surface area contributed by atoms with Gasteiger partial charge in [-0.05, 0) is 19.4 Å². The Morgan fingerprint density at radius 2 is 1.59 bits per heavy atom. The first kappa shape index (κ1) is 12.0. The van der Waals surface area contributed by atoms with Gasteiger partial charge in [-0.25, -0.2) is 0 Å². The lowest BCUT2D eigenvalue weighted by atomic mass is 9.80. The zero-order valence-corrected chi connectivity index (χ0v) is 10.3. The minimum Gasteiger partial charge on any atom is -0.297 e. The number of hydrogen-bond donors (Lipinski definition) is 0. The van der Waals surface area contributed by atoms with E-state index in [0.29, 0.717) is 19.6 Å². The third-order valence-corrected chi connectivity index (χ3v) is 3.38. The second-order valence-electron chi connectivity index (χ2n) is 5.10. The molecular weight excluding hydrogens is 214 g/mol. The van der Waals surface area contributed by atoms with Crippen molar-refractivity contribution < 1.29 is 9.59 Å². The number of piperidine rings is 1. The summed E-state index contributed by atoms with van der Waals surface area (Å²) in [6, 6.07) is 9.91. The molecule has 2 rings (SSSR count). The Morgan fingerprint density at radius 3 is 2.12 bits per heavy atom. The molecule has 0 aliphatic carbocycles. The Morgan fingerprint density at radius 1 is 1.06 bits per heavy atom. The van der Waals surface area contributed by atoms with Crippen LogP contribution < -0.4 is 0 Å². The summed E-state index contributed by atoms with van der Waals surface area (Å²) in [7, 11) is 0. The van der Waals surface area contributed by atoms with Crippen LogP contribution >= 0.6 is 0 Å². The first-order valence-electron chi connectivity index (χ1n) is 5.83. The van der Waals surface area contributed by atoms with E-state index in [2.05, 4.69) is 0 Å². The van der Waals surface area contributed by atoms with Gasteiger partial charge in [0.1, 0.15) is 0 Å². The van der Waals surface area contributed by atoms with Gasteiger partial charge in [0, 0.05) is 6.54 Å². The molecule has 0 amide bonds. The maximum absolute atomic E-state index is 11.9. The van der Waals surface area contributed by atoms with E-state index in [0.717, 1.165) is 5.56 Å². The number of rotatable bonds is 2. The van der Waals surface area contributed by atoms with Crippen LogP contribution in [0.4, 0.5) is 0 Å². The minimum atomic E-state index is -0.798. The summed E-state index contributed by atoms with van der Waals surface area (Å²) in [6.45, 7) is 4.84. The van der Waals surface area contributed by atoms with Gasteiger partial charge < -0.3 is 0 Å². The monoisotopic (exact) mass is 231 g/mol. The molecule has 0 aromatic heterocycles. The van der Waals surface area contributed by atoms with E-state index in [1.807, 2.05) is 35.2 Å². The van der Waals surface area contributed by atoms with Crippen LogP contribution in [-0.2, 0) is 16.1 Å². The molecule has 1 aliphatic rings. The second kappa shape index (κ2) is 4.41. The first-order chi connectivity index (χ1) is 8.00. The highest BCUT2D eigenvalue weighted by Crippen LogP contribution is 2.24. The average molecular weight is 231 g/mol. The van der Waals surface area contributed by atoms with Gasteiger partial charge in [-0.2, -0.15) is 0 Å². The van der Waals surface area contributed by atoms with Gasteiger partial charge in [0.05, 0.1) is 18.5 Å². The van der Waals surface area contributed by atoms with Crippen molar-refractivity contribution in [3.05, 3.63) is 35.9 Å². The molecule has 0 unspecified atom stereocenters. The van der Waals surface area contributed by atoms with Crippen LogP contribution in [0.15, 0.2) is 30.3 Å². The van der Waals surface area contributed by atoms with E-state index < -0.39 is 5.41 Å². The zero-order valence-electron chi connectivity index (χ0n) is 10.3. The molecule has 0 bridgehead atoms. The molecule has 0 saturated carbocycles. The van der Waals surface area contributed by atoms with E-state index in [-0.39, 0.29) is 11.6 Å². The number of nitrogens with zero attached hydrogens (tertiary/aromatic N) is 1. The normalized spacial score (nSPS) is 20.6. The van der Waals surface area contributed by atoms with Crippen molar-refractivity contribution in [3.63, 3.8) is 0 Å². The van der Waals surface area contributed by atoms with Crippen molar-refractivity contribution >= 4 is 11.6 Å². The molecule has 3 heteroatoms. The Balaban J connectivity index is 2.06. The number of hydrogen-bond acceptors (Lipinski definition) is 3. The molecule has 0 atom stereocenters. The Labute approximate surface area is 101 Å². The summed E-state index contributed by atoms with van der Waals surface area (Å²) in [5, 5.41) is 0. The van der Waals surface area contributed by atoms with Crippen LogP contribution in [0.5, 0.6) is 0 Å². The fraction of sp³-hybridized carbons (Fsp3) is 0.429. The summed E-state index contributed by atoms with van der Waals surface area (Å²) in [6.07, 6.45) is 0. The lowest BCUT2D eigenvalue weighted by Gasteiger charge is -2.34. The highest BCUT2D eigenvalue weighted by Gasteiger charge is 2.40. The van der Waals surface area contributed by atoms with Crippen molar-refractivity contribution in [2.75, 3.05) is 13.1 Å². The quantitative estimate of drug-likeness (QED) is 0.726. The van der Waals surface area contributed by atoms with E-state index in [9.17, 15) is 9.59 Å². The molecule has 17 heavy (non-hydrogen) atoms. The van der Waals surface area contributed by atoms with Gasteiger partial charge >= 0.3 is 0 Å². The fourth-order valence-corrected chi connectivity index (χ4v) is 1.97. The van der Waals surface area contributed by atoms with Gasteiger partial charge in [0.25, 0.3) is 0 Å². The van der Waals surface area contributed by atoms with Crippen LogP contribution in [0.3, 0.4) is 0 Å². The molecular formula is C14H17NO2. The molecule has 1 fully saturated rings. The number of carbonyl (C=O) groups excluding carboxylic acids is 2. The topological polar surface area (TPSA) is 37.4 Å². The van der Waals surface area contributed by atoms with Crippen molar-refractivity contribution in [1.29, 1.82) is 0 Å². The maximum atomic E-state index is 11.9. The fourth-order valence-electron chi connectivity index (χ4n) is 1.97. The summed E-state index contributed by atoms with van der Waals surface area (Å²) >= 11 is 0.